The van der Waals surface area contributed by atoms with Gasteiger partial charge in [0.05, 0.1) is 8.65 Å². The minimum atomic E-state index is -0.453. The molecule has 7 heteroatoms. The predicted octanol–water partition coefficient (Wildman–Crippen LogP) is 3.59. The van der Waals surface area contributed by atoms with E-state index in [0.29, 0.717) is 0 Å². The quantitative estimate of drug-likeness (QED) is 0.428. The summed E-state index contributed by atoms with van der Waals surface area (Å²) in [5, 5.41) is 4.09. The normalized spacial score (nSPS) is 25.4. The van der Waals surface area contributed by atoms with Crippen LogP contribution in [0.2, 0.25) is 0 Å². The molecule has 0 radical (unpaired) electrons. The van der Waals surface area contributed by atoms with Crippen LogP contribution in [0.25, 0.3) is 0 Å². The van der Waals surface area contributed by atoms with Gasteiger partial charge in [0, 0.05) is 6.21 Å². The molecule has 1 N–H and O–H groups in total. The van der Waals surface area contributed by atoms with Crippen molar-refractivity contribution in [3.8, 4) is 11.5 Å². The molecule has 5 nitrogen and oxygen atoms in total. The molecule has 23 heavy (non-hydrogen) atoms. The van der Waals surface area contributed by atoms with Crippen LogP contribution in [-0.4, -0.2) is 22.1 Å². The number of hydrogen-bond donors (Lipinski definition) is 1. The SMILES string of the molecule is C[C@@H](/C=N\NC(=O)[C@@]1(C)CC1(Br)Br)Cc1ccc2c(c1)OCO2. The van der Waals surface area contributed by atoms with Gasteiger partial charge in [-0.25, -0.2) is 5.43 Å². The molecule has 0 aromatic heterocycles. The molecule has 0 bridgehead atoms. The largest absolute Gasteiger partial charge is 0.454 e. The van der Waals surface area contributed by atoms with Crippen LogP contribution in [-0.2, 0) is 11.2 Å². The molecule has 0 spiro atoms. The number of carbonyl (C=O) groups is 1. The van der Waals surface area contributed by atoms with Crippen molar-refractivity contribution in [3.63, 3.8) is 0 Å². The van der Waals surface area contributed by atoms with Crippen LogP contribution in [0.5, 0.6) is 11.5 Å². The van der Waals surface area contributed by atoms with E-state index in [-0.39, 0.29) is 21.9 Å². The van der Waals surface area contributed by atoms with E-state index in [1.165, 1.54) is 0 Å². The molecule has 1 aromatic rings. The van der Waals surface area contributed by atoms with Crippen molar-refractivity contribution in [1.29, 1.82) is 0 Å². The van der Waals surface area contributed by atoms with Gasteiger partial charge in [0.25, 0.3) is 0 Å². The predicted molar refractivity (Wildman–Crippen MR) is 95.4 cm³/mol. The van der Waals surface area contributed by atoms with Crippen LogP contribution in [0.15, 0.2) is 23.3 Å². The molecule has 2 aliphatic rings. The highest BCUT2D eigenvalue weighted by molar-refractivity contribution is 9.25. The molecule has 1 aliphatic carbocycles. The van der Waals surface area contributed by atoms with Gasteiger partial charge >= 0.3 is 0 Å². The van der Waals surface area contributed by atoms with Gasteiger partial charge in [-0.15, -0.1) is 0 Å². The lowest BCUT2D eigenvalue weighted by Crippen LogP contribution is -2.29. The van der Waals surface area contributed by atoms with Crippen molar-refractivity contribution >= 4 is 44.0 Å². The lowest BCUT2D eigenvalue weighted by atomic mass is 10.0. The average Bonchev–Trinajstić information content (AvgIpc) is 2.85. The Morgan fingerprint density at radius 1 is 1.43 bits per heavy atom. The maximum Gasteiger partial charge on any atom is 0.248 e. The highest BCUT2D eigenvalue weighted by Crippen LogP contribution is 2.66. The Bertz CT molecular complexity index is 663. The summed E-state index contributed by atoms with van der Waals surface area (Å²) >= 11 is 6.96. The summed E-state index contributed by atoms with van der Waals surface area (Å²) in [5.74, 6) is 1.68. The number of nitrogens with zero attached hydrogens (tertiary/aromatic N) is 1. The first-order valence-electron chi connectivity index (χ1n) is 7.42. The zero-order valence-corrected chi connectivity index (χ0v) is 16.1. The van der Waals surface area contributed by atoms with Crippen LogP contribution >= 0.6 is 31.9 Å². The summed E-state index contributed by atoms with van der Waals surface area (Å²) in [6, 6.07) is 5.93. The number of benzene rings is 1. The molecule has 2 atom stereocenters. The number of rotatable bonds is 5. The number of fused-ring (bicyclic) bond motifs is 1. The zero-order valence-electron chi connectivity index (χ0n) is 12.9. The minimum Gasteiger partial charge on any atom is -0.454 e. The van der Waals surface area contributed by atoms with Gasteiger partial charge in [-0.05, 0) is 43.4 Å². The minimum absolute atomic E-state index is 0.0854. The van der Waals surface area contributed by atoms with Gasteiger partial charge in [0.1, 0.15) is 0 Å². The fraction of sp³-hybridized carbons (Fsp3) is 0.500. The number of hydrogen-bond acceptors (Lipinski definition) is 4. The van der Waals surface area contributed by atoms with Crippen LogP contribution < -0.4 is 14.9 Å². The van der Waals surface area contributed by atoms with Crippen molar-refractivity contribution in [3.05, 3.63) is 23.8 Å². The van der Waals surface area contributed by atoms with Gasteiger partial charge in [0.2, 0.25) is 12.7 Å². The molecular formula is C16H18Br2N2O3. The van der Waals surface area contributed by atoms with Crippen LogP contribution in [0.1, 0.15) is 25.8 Å². The average molecular weight is 446 g/mol. The first kappa shape index (κ1) is 16.8. The molecule has 3 rings (SSSR count). The second kappa shape index (κ2) is 6.09. The molecule has 124 valence electrons. The summed E-state index contributed by atoms with van der Waals surface area (Å²) in [7, 11) is 0. The van der Waals surface area contributed by atoms with Gasteiger partial charge in [0.15, 0.2) is 11.5 Å². The van der Waals surface area contributed by atoms with E-state index in [0.717, 1.165) is 29.9 Å². The third-order valence-corrected chi connectivity index (χ3v) is 6.56. The van der Waals surface area contributed by atoms with E-state index in [1.54, 1.807) is 6.21 Å². The highest BCUT2D eigenvalue weighted by Gasteiger charge is 2.66. The molecular weight excluding hydrogens is 428 g/mol. The summed E-state index contributed by atoms with van der Waals surface area (Å²) in [5.41, 5.74) is 3.32. The molecule has 0 saturated heterocycles. The highest BCUT2D eigenvalue weighted by atomic mass is 79.9. The molecule has 1 fully saturated rings. The van der Waals surface area contributed by atoms with E-state index >= 15 is 0 Å². The summed E-state index contributed by atoms with van der Waals surface area (Å²) < 4.78 is 10.4. The van der Waals surface area contributed by atoms with E-state index in [4.69, 9.17) is 9.47 Å². The Hall–Kier alpha value is -1.08. The zero-order chi connectivity index (χ0) is 16.7. The van der Waals surface area contributed by atoms with Gasteiger partial charge < -0.3 is 9.47 Å². The number of nitrogens with one attached hydrogen (secondary N) is 1. The first-order chi connectivity index (χ1) is 10.8. The first-order valence-corrected chi connectivity index (χ1v) is 9.00. The number of halogens is 2. The summed E-state index contributed by atoms with van der Waals surface area (Å²) in [4.78, 5) is 12.1. The lowest BCUT2D eigenvalue weighted by Gasteiger charge is -2.10. The second-order valence-corrected chi connectivity index (χ2v) is 10.1. The Morgan fingerprint density at radius 3 is 2.83 bits per heavy atom. The smallest absolute Gasteiger partial charge is 0.248 e. The molecule has 1 aliphatic heterocycles. The Morgan fingerprint density at radius 2 is 2.13 bits per heavy atom. The fourth-order valence-corrected chi connectivity index (χ4v) is 3.97. The maximum absolute atomic E-state index is 12.1. The van der Waals surface area contributed by atoms with E-state index < -0.39 is 5.41 Å². The number of ether oxygens (including phenoxy) is 2. The van der Waals surface area contributed by atoms with Crippen molar-refractivity contribution in [2.45, 2.75) is 29.9 Å². The van der Waals surface area contributed by atoms with Crippen molar-refractivity contribution in [2.24, 2.45) is 16.4 Å². The monoisotopic (exact) mass is 444 g/mol. The standard InChI is InChI=1S/C16H18Br2N2O3/c1-10(5-11-3-4-12-13(6-11)23-9-22-12)7-19-20-14(21)15(2)8-16(15,17)18/h3-4,6-7,10H,5,8-9H2,1-2H3,(H,20,21)/b19-7-/t10-,15-/m1/s1. The number of carbonyl (C=O) groups excluding carboxylic acids is 1. The number of alkyl halides is 2. The van der Waals surface area contributed by atoms with Gasteiger partial charge in [-0.3, -0.25) is 4.79 Å². The van der Waals surface area contributed by atoms with E-state index in [2.05, 4.69) is 49.3 Å². The third kappa shape index (κ3) is 3.40. The molecule has 0 unspecified atom stereocenters. The molecule has 1 amide bonds. The number of hydrazone groups is 1. The van der Waals surface area contributed by atoms with Crippen molar-refractivity contribution < 1.29 is 14.3 Å². The Kier molecular flexibility index (Phi) is 4.44. The molecule has 1 aromatic carbocycles. The van der Waals surface area contributed by atoms with Crippen LogP contribution in [0.3, 0.4) is 0 Å². The maximum atomic E-state index is 12.1. The lowest BCUT2D eigenvalue weighted by molar-refractivity contribution is -0.125. The van der Waals surface area contributed by atoms with Crippen LogP contribution in [0, 0.1) is 11.3 Å². The van der Waals surface area contributed by atoms with E-state index in [9.17, 15) is 4.79 Å². The van der Waals surface area contributed by atoms with Crippen molar-refractivity contribution in [2.75, 3.05) is 6.79 Å². The topological polar surface area (TPSA) is 59.9 Å². The van der Waals surface area contributed by atoms with Crippen LogP contribution in [0.4, 0.5) is 0 Å². The van der Waals surface area contributed by atoms with Crippen molar-refractivity contribution in [1.82, 2.24) is 5.43 Å². The second-order valence-electron chi connectivity index (χ2n) is 6.30. The fourth-order valence-electron chi connectivity index (χ4n) is 2.49. The van der Waals surface area contributed by atoms with E-state index in [1.807, 2.05) is 25.1 Å². The van der Waals surface area contributed by atoms with Gasteiger partial charge in [-0.1, -0.05) is 44.8 Å². The summed E-state index contributed by atoms with van der Waals surface area (Å²) in [6.45, 7) is 4.24. The molecule has 1 heterocycles. The Balaban J connectivity index is 1.51. The third-order valence-electron chi connectivity index (χ3n) is 4.25. The van der Waals surface area contributed by atoms with Gasteiger partial charge in [-0.2, -0.15) is 5.10 Å². The summed E-state index contributed by atoms with van der Waals surface area (Å²) in [6.07, 6.45) is 3.32. The Labute approximate surface area is 152 Å². The number of amides is 1. The molecule has 1 saturated carbocycles.